The van der Waals surface area contributed by atoms with E-state index in [1.54, 1.807) is 0 Å². The molecule has 1 rings (SSSR count). The molecular formula is C9H18O8. The van der Waals surface area contributed by atoms with Crippen LogP contribution in [0.3, 0.4) is 0 Å². The summed E-state index contributed by atoms with van der Waals surface area (Å²) in [6.45, 7) is -1.37. The molecule has 1 aliphatic rings. The highest BCUT2D eigenvalue weighted by Crippen LogP contribution is 2.21. The normalized spacial score (nSPS) is 40.2. The third kappa shape index (κ3) is 3.57. The van der Waals surface area contributed by atoms with Gasteiger partial charge < -0.3 is 40.1 Å². The second-order valence-electron chi connectivity index (χ2n) is 3.87. The highest BCUT2D eigenvalue weighted by Gasteiger charge is 2.44. The molecule has 17 heavy (non-hydrogen) atoms. The van der Waals surface area contributed by atoms with Crippen LogP contribution in [0.5, 0.6) is 0 Å². The summed E-state index contributed by atoms with van der Waals surface area (Å²) in [6, 6.07) is 0. The molecule has 0 saturated carbocycles. The molecular weight excluding hydrogens is 236 g/mol. The summed E-state index contributed by atoms with van der Waals surface area (Å²) in [5.41, 5.74) is 0. The van der Waals surface area contributed by atoms with E-state index in [0.29, 0.717) is 0 Å². The van der Waals surface area contributed by atoms with Crippen LogP contribution in [0.15, 0.2) is 0 Å². The number of aliphatic hydroxyl groups is 6. The van der Waals surface area contributed by atoms with Gasteiger partial charge in [-0.1, -0.05) is 0 Å². The molecule has 1 fully saturated rings. The summed E-state index contributed by atoms with van der Waals surface area (Å²) in [6.07, 6.45) is -7.94. The van der Waals surface area contributed by atoms with Crippen LogP contribution in [-0.4, -0.2) is 87.3 Å². The third-order valence-corrected chi connectivity index (χ3v) is 2.51. The van der Waals surface area contributed by atoms with Crippen LogP contribution >= 0.6 is 0 Å². The number of ether oxygens (including phenoxy) is 2. The van der Waals surface area contributed by atoms with Crippen molar-refractivity contribution in [2.24, 2.45) is 0 Å². The van der Waals surface area contributed by atoms with Crippen molar-refractivity contribution in [1.82, 2.24) is 0 Å². The van der Waals surface area contributed by atoms with Crippen LogP contribution in [0.2, 0.25) is 0 Å². The number of hydrogen-bond acceptors (Lipinski definition) is 8. The van der Waals surface area contributed by atoms with E-state index >= 15 is 0 Å². The standard InChI is InChI=1S/C9H18O8/c10-1-4(12)3-16-9-8(15)7(14)6(13)5(2-11)17-9/h4-15H,1-3H2/t4-,5?,6-,7-,8?,9+/m0/s1. The Morgan fingerprint density at radius 1 is 1.06 bits per heavy atom. The summed E-state index contributed by atoms with van der Waals surface area (Å²) >= 11 is 0. The predicted octanol–water partition coefficient (Wildman–Crippen LogP) is -3.84. The van der Waals surface area contributed by atoms with Crippen molar-refractivity contribution < 1.29 is 40.1 Å². The first-order valence-electron chi connectivity index (χ1n) is 5.22. The van der Waals surface area contributed by atoms with E-state index in [2.05, 4.69) is 0 Å². The van der Waals surface area contributed by atoms with Crippen molar-refractivity contribution >= 4 is 0 Å². The molecule has 8 nitrogen and oxygen atoms in total. The van der Waals surface area contributed by atoms with E-state index in [-0.39, 0.29) is 6.61 Å². The van der Waals surface area contributed by atoms with Gasteiger partial charge in [0.25, 0.3) is 0 Å². The lowest BCUT2D eigenvalue weighted by molar-refractivity contribution is -0.304. The molecule has 1 saturated heterocycles. The first-order valence-corrected chi connectivity index (χ1v) is 5.22. The second-order valence-corrected chi connectivity index (χ2v) is 3.87. The Bertz CT molecular complexity index is 223. The van der Waals surface area contributed by atoms with Gasteiger partial charge in [-0.15, -0.1) is 0 Å². The molecule has 6 N–H and O–H groups in total. The smallest absolute Gasteiger partial charge is 0.186 e. The van der Waals surface area contributed by atoms with Gasteiger partial charge in [0.2, 0.25) is 0 Å². The van der Waals surface area contributed by atoms with Gasteiger partial charge in [0.1, 0.15) is 30.5 Å². The second kappa shape index (κ2) is 6.57. The highest BCUT2D eigenvalue weighted by atomic mass is 16.7. The molecule has 0 radical (unpaired) electrons. The molecule has 0 spiro atoms. The van der Waals surface area contributed by atoms with Gasteiger partial charge in [-0.3, -0.25) is 0 Å². The molecule has 102 valence electrons. The minimum Gasteiger partial charge on any atom is -0.394 e. The molecule has 0 aromatic heterocycles. The zero-order valence-corrected chi connectivity index (χ0v) is 9.09. The molecule has 0 aromatic rings. The van der Waals surface area contributed by atoms with Gasteiger partial charge >= 0.3 is 0 Å². The Labute approximate surface area is 97.6 Å². The molecule has 1 aliphatic heterocycles. The topological polar surface area (TPSA) is 140 Å². The molecule has 6 atom stereocenters. The van der Waals surface area contributed by atoms with Crippen LogP contribution in [0, 0.1) is 0 Å². The lowest BCUT2D eigenvalue weighted by atomic mass is 9.99. The molecule has 0 aromatic carbocycles. The van der Waals surface area contributed by atoms with Crippen LogP contribution < -0.4 is 0 Å². The monoisotopic (exact) mass is 254 g/mol. The Morgan fingerprint density at radius 2 is 1.71 bits per heavy atom. The van der Waals surface area contributed by atoms with Gasteiger partial charge in [-0.25, -0.2) is 0 Å². The van der Waals surface area contributed by atoms with Gasteiger partial charge in [-0.05, 0) is 0 Å². The van der Waals surface area contributed by atoms with Crippen LogP contribution in [0.1, 0.15) is 0 Å². The Kier molecular flexibility index (Phi) is 5.70. The van der Waals surface area contributed by atoms with E-state index < -0.39 is 50.0 Å². The van der Waals surface area contributed by atoms with E-state index in [1.165, 1.54) is 0 Å². The largest absolute Gasteiger partial charge is 0.394 e. The fourth-order valence-corrected chi connectivity index (χ4v) is 1.46. The summed E-state index contributed by atoms with van der Waals surface area (Å²) in [5, 5.41) is 54.9. The lowest BCUT2D eigenvalue weighted by Gasteiger charge is -2.39. The van der Waals surface area contributed by atoms with Gasteiger partial charge in [-0.2, -0.15) is 0 Å². The van der Waals surface area contributed by atoms with Crippen molar-refractivity contribution in [3.05, 3.63) is 0 Å². The van der Waals surface area contributed by atoms with Crippen molar-refractivity contribution in [3.8, 4) is 0 Å². The average Bonchev–Trinajstić information content (AvgIpc) is 2.34. The van der Waals surface area contributed by atoms with Crippen LogP contribution in [-0.2, 0) is 9.47 Å². The lowest BCUT2D eigenvalue weighted by Crippen LogP contribution is -2.59. The van der Waals surface area contributed by atoms with Crippen molar-refractivity contribution in [2.45, 2.75) is 36.8 Å². The minimum absolute atomic E-state index is 0.306. The third-order valence-electron chi connectivity index (χ3n) is 2.51. The Morgan fingerprint density at radius 3 is 2.24 bits per heavy atom. The molecule has 0 bridgehead atoms. The van der Waals surface area contributed by atoms with E-state index in [0.717, 1.165) is 0 Å². The number of hydrogen-bond donors (Lipinski definition) is 6. The molecule has 1 heterocycles. The van der Waals surface area contributed by atoms with E-state index in [4.69, 9.17) is 24.8 Å². The first-order chi connectivity index (χ1) is 8.01. The van der Waals surface area contributed by atoms with E-state index in [9.17, 15) is 15.3 Å². The summed E-state index contributed by atoms with van der Waals surface area (Å²) < 4.78 is 9.93. The molecule has 2 unspecified atom stereocenters. The van der Waals surface area contributed by atoms with Crippen LogP contribution in [0.4, 0.5) is 0 Å². The molecule has 8 heteroatoms. The predicted molar refractivity (Wildman–Crippen MR) is 52.8 cm³/mol. The zero-order valence-electron chi connectivity index (χ0n) is 9.09. The van der Waals surface area contributed by atoms with Crippen molar-refractivity contribution in [1.29, 1.82) is 0 Å². The minimum atomic E-state index is -1.52. The van der Waals surface area contributed by atoms with Gasteiger partial charge in [0, 0.05) is 0 Å². The molecule has 0 aliphatic carbocycles. The maximum absolute atomic E-state index is 9.52. The highest BCUT2D eigenvalue weighted by molar-refractivity contribution is 4.88. The maximum atomic E-state index is 9.52. The van der Waals surface area contributed by atoms with Crippen molar-refractivity contribution in [3.63, 3.8) is 0 Å². The van der Waals surface area contributed by atoms with Crippen LogP contribution in [0.25, 0.3) is 0 Å². The van der Waals surface area contributed by atoms with E-state index in [1.807, 2.05) is 0 Å². The zero-order chi connectivity index (χ0) is 13.0. The fraction of sp³-hybridized carbons (Fsp3) is 1.00. The quantitative estimate of drug-likeness (QED) is 0.293. The SMILES string of the molecule is OCC1O[C@@H](OC[C@@H](O)CO)C(O)[C@@H](O)[C@H]1O. The molecule has 0 amide bonds. The fourth-order valence-electron chi connectivity index (χ4n) is 1.46. The van der Waals surface area contributed by atoms with Gasteiger partial charge in [0.15, 0.2) is 6.29 Å². The summed E-state index contributed by atoms with van der Waals surface area (Å²) in [4.78, 5) is 0. The summed E-state index contributed by atoms with van der Waals surface area (Å²) in [5.74, 6) is 0. The first kappa shape index (κ1) is 14.7. The summed E-state index contributed by atoms with van der Waals surface area (Å²) in [7, 11) is 0. The van der Waals surface area contributed by atoms with Gasteiger partial charge in [0.05, 0.1) is 19.8 Å². The Balaban J connectivity index is 2.53. The number of rotatable bonds is 5. The maximum Gasteiger partial charge on any atom is 0.186 e. The average molecular weight is 254 g/mol. The number of aliphatic hydroxyl groups excluding tert-OH is 6. The van der Waals surface area contributed by atoms with Crippen molar-refractivity contribution in [2.75, 3.05) is 19.8 Å². The Hall–Kier alpha value is -0.320.